The summed E-state index contributed by atoms with van der Waals surface area (Å²) < 4.78 is 1.83. The van der Waals surface area contributed by atoms with E-state index in [1.165, 1.54) is 11.8 Å². The van der Waals surface area contributed by atoms with Gasteiger partial charge in [-0.25, -0.2) is 4.79 Å². The van der Waals surface area contributed by atoms with Gasteiger partial charge >= 0.3 is 6.03 Å². The molecule has 33 heavy (non-hydrogen) atoms. The quantitative estimate of drug-likeness (QED) is 0.286. The molecule has 0 spiro atoms. The monoisotopic (exact) mass is 497 g/mol. The van der Waals surface area contributed by atoms with Gasteiger partial charge in [-0.15, -0.1) is 10.2 Å². The third-order valence-corrected chi connectivity index (χ3v) is 6.42. The first-order chi connectivity index (χ1) is 16.0. The van der Waals surface area contributed by atoms with Crippen LogP contribution < -0.4 is 10.6 Å². The first-order valence-electron chi connectivity index (χ1n) is 10.2. The fraction of sp³-hybridized carbons (Fsp3) is 0.125. The number of carbonyl (C=O) groups is 1. The van der Waals surface area contributed by atoms with Crippen molar-refractivity contribution in [3.63, 3.8) is 0 Å². The Balaban J connectivity index is 1.56. The van der Waals surface area contributed by atoms with E-state index in [1.54, 1.807) is 18.2 Å². The van der Waals surface area contributed by atoms with Crippen LogP contribution in [0.1, 0.15) is 17.0 Å². The summed E-state index contributed by atoms with van der Waals surface area (Å²) in [5.74, 6) is 1.24. The van der Waals surface area contributed by atoms with E-state index >= 15 is 0 Å². The molecule has 0 unspecified atom stereocenters. The molecule has 4 aromatic rings. The molecular formula is C24H21Cl2N5OS. The van der Waals surface area contributed by atoms with Crippen LogP contribution in [-0.2, 0) is 12.3 Å². The van der Waals surface area contributed by atoms with Crippen LogP contribution in [0.3, 0.4) is 0 Å². The number of hydrogen-bond acceptors (Lipinski definition) is 4. The lowest BCUT2D eigenvalue weighted by molar-refractivity contribution is 0.251. The Bertz CT molecular complexity index is 1260. The smallest absolute Gasteiger partial charge is 0.319 e. The van der Waals surface area contributed by atoms with Crippen molar-refractivity contribution in [2.24, 2.45) is 0 Å². The normalized spacial score (nSPS) is 10.8. The van der Waals surface area contributed by atoms with Crippen LogP contribution in [0.5, 0.6) is 0 Å². The highest BCUT2D eigenvalue weighted by Gasteiger charge is 2.18. The number of aromatic nitrogens is 3. The molecule has 4 rings (SSSR count). The Morgan fingerprint density at radius 1 is 1.00 bits per heavy atom. The van der Waals surface area contributed by atoms with E-state index in [-0.39, 0.29) is 12.6 Å². The molecular weight excluding hydrogens is 477 g/mol. The van der Waals surface area contributed by atoms with Gasteiger partial charge in [0.25, 0.3) is 0 Å². The minimum absolute atomic E-state index is 0.152. The Morgan fingerprint density at radius 2 is 1.76 bits per heavy atom. The average Bonchev–Trinajstić information content (AvgIpc) is 3.22. The minimum Gasteiger partial charge on any atom is -0.331 e. The van der Waals surface area contributed by atoms with Crippen molar-refractivity contribution in [1.29, 1.82) is 0 Å². The topological polar surface area (TPSA) is 71.8 Å². The lowest BCUT2D eigenvalue weighted by Gasteiger charge is -2.13. The van der Waals surface area contributed by atoms with Crippen molar-refractivity contribution in [2.45, 2.75) is 24.4 Å². The van der Waals surface area contributed by atoms with Crippen molar-refractivity contribution < 1.29 is 4.79 Å². The summed E-state index contributed by atoms with van der Waals surface area (Å²) >= 11 is 14.3. The number of amides is 2. The molecule has 1 heterocycles. The minimum atomic E-state index is -0.338. The Labute approximate surface area is 206 Å². The molecule has 2 amide bonds. The molecule has 1 aromatic heterocycles. The van der Waals surface area contributed by atoms with E-state index in [4.69, 9.17) is 23.2 Å². The van der Waals surface area contributed by atoms with Gasteiger partial charge in [-0.05, 0) is 42.3 Å². The number of carbonyl (C=O) groups excluding carboxylic acids is 1. The van der Waals surface area contributed by atoms with Crippen LogP contribution in [-0.4, -0.2) is 20.8 Å². The fourth-order valence-electron chi connectivity index (χ4n) is 3.17. The van der Waals surface area contributed by atoms with Gasteiger partial charge in [0.05, 0.1) is 17.3 Å². The van der Waals surface area contributed by atoms with Gasteiger partial charge in [0.2, 0.25) is 0 Å². The van der Waals surface area contributed by atoms with Gasteiger partial charge in [-0.3, -0.25) is 4.57 Å². The van der Waals surface area contributed by atoms with Crippen molar-refractivity contribution in [3.05, 3.63) is 99.8 Å². The fourth-order valence-corrected chi connectivity index (χ4v) is 4.46. The number of hydrogen-bond donors (Lipinski definition) is 2. The Kier molecular flexibility index (Phi) is 7.54. The van der Waals surface area contributed by atoms with E-state index in [2.05, 4.69) is 33.0 Å². The zero-order chi connectivity index (χ0) is 23.2. The molecule has 0 aliphatic carbocycles. The summed E-state index contributed by atoms with van der Waals surface area (Å²) in [6.45, 7) is 2.09. The van der Waals surface area contributed by atoms with Crippen molar-refractivity contribution in [1.82, 2.24) is 20.1 Å². The number of aryl methyl sites for hydroxylation is 1. The number of nitrogens with one attached hydrogen (secondary N) is 2. The molecule has 9 heteroatoms. The largest absolute Gasteiger partial charge is 0.331 e. The predicted molar refractivity (Wildman–Crippen MR) is 134 cm³/mol. The SMILES string of the molecule is Cc1ccccc1NC(=O)NCc1nnc(SCc2ccccc2)n1-c1cc(Cl)ccc1Cl. The summed E-state index contributed by atoms with van der Waals surface area (Å²) in [4.78, 5) is 12.5. The van der Waals surface area contributed by atoms with Crippen molar-refractivity contribution in [2.75, 3.05) is 5.32 Å². The van der Waals surface area contributed by atoms with E-state index < -0.39 is 0 Å². The zero-order valence-corrected chi connectivity index (χ0v) is 20.1. The molecule has 0 aliphatic rings. The van der Waals surface area contributed by atoms with Crippen LogP contribution in [0.25, 0.3) is 5.69 Å². The highest BCUT2D eigenvalue weighted by molar-refractivity contribution is 7.98. The van der Waals surface area contributed by atoms with E-state index in [0.717, 1.165) is 16.8 Å². The van der Waals surface area contributed by atoms with Crippen LogP contribution in [0.2, 0.25) is 10.0 Å². The molecule has 168 valence electrons. The summed E-state index contributed by atoms with van der Waals surface area (Å²) in [6.07, 6.45) is 0. The molecule has 0 fully saturated rings. The third kappa shape index (κ3) is 5.87. The number of halogens is 2. The average molecular weight is 498 g/mol. The molecule has 3 aromatic carbocycles. The third-order valence-electron chi connectivity index (χ3n) is 4.86. The van der Waals surface area contributed by atoms with Gasteiger partial charge in [-0.1, -0.05) is 83.5 Å². The highest BCUT2D eigenvalue weighted by atomic mass is 35.5. The molecule has 0 saturated carbocycles. The molecule has 0 saturated heterocycles. The van der Waals surface area contributed by atoms with Crippen LogP contribution >= 0.6 is 35.0 Å². The first-order valence-corrected chi connectivity index (χ1v) is 11.9. The molecule has 6 nitrogen and oxygen atoms in total. The Hall–Kier alpha value is -3.00. The van der Waals surface area contributed by atoms with Crippen molar-refractivity contribution >= 4 is 46.7 Å². The number of benzene rings is 3. The number of rotatable bonds is 7. The van der Waals surface area contributed by atoms with E-state index in [1.807, 2.05) is 54.0 Å². The van der Waals surface area contributed by atoms with Crippen molar-refractivity contribution in [3.8, 4) is 5.69 Å². The van der Waals surface area contributed by atoms with Gasteiger partial charge in [-0.2, -0.15) is 0 Å². The summed E-state index contributed by atoms with van der Waals surface area (Å²) in [5, 5.41) is 16.1. The van der Waals surface area contributed by atoms with Gasteiger partial charge in [0.15, 0.2) is 11.0 Å². The van der Waals surface area contributed by atoms with E-state index in [0.29, 0.717) is 32.5 Å². The zero-order valence-electron chi connectivity index (χ0n) is 17.8. The predicted octanol–water partition coefficient (Wildman–Crippen LogP) is 6.50. The number of anilines is 1. The maximum absolute atomic E-state index is 12.5. The summed E-state index contributed by atoms with van der Waals surface area (Å²) in [7, 11) is 0. The van der Waals surface area contributed by atoms with Gasteiger partial charge in [0, 0.05) is 16.5 Å². The van der Waals surface area contributed by atoms with Gasteiger partial charge in [0.1, 0.15) is 0 Å². The number of urea groups is 1. The molecule has 0 aliphatic heterocycles. The standard InChI is InChI=1S/C24H21Cl2N5OS/c1-16-7-5-6-10-20(16)28-23(32)27-14-22-29-30-24(33-15-17-8-3-2-4-9-17)31(22)21-13-18(25)11-12-19(21)26/h2-13H,14-15H2,1H3,(H2,27,28,32). The lowest BCUT2D eigenvalue weighted by atomic mass is 10.2. The summed E-state index contributed by atoms with van der Waals surface area (Å²) in [6, 6.07) is 22.5. The van der Waals surface area contributed by atoms with Gasteiger partial charge < -0.3 is 10.6 Å². The molecule has 0 bridgehead atoms. The first kappa shape index (κ1) is 23.2. The lowest BCUT2D eigenvalue weighted by Crippen LogP contribution is -2.29. The second-order valence-electron chi connectivity index (χ2n) is 7.23. The van der Waals surface area contributed by atoms with E-state index in [9.17, 15) is 4.79 Å². The number of thioether (sulfide) groups is 1. The second-order valence-corrected chi connectivity index (χ2v) is 9.01. The number of para-hydroxylation sites is 1. The molecule has 0 radical (unpaired) electrons. The van der Waals surface area contributed by atoms with Crippen LogP contribution in [0.4, 0.5) is 10.5 Å². The van der Waals surface area contributed by atoms with Crippen LogP contribution in [0.15, 0.2) is 78.0 Å². The second kappa shape index (κ2) is 10.7. The Morgan fingerprint density at radius 3 is 2.55 bits per heavy atom. The maximum Gasteiger partial charge on any atom is 0.319 e. The maximum atomic E-state index is 12.5. The van der Waals surface area contributed by atoms with Crippen LogP contribution in [0, 0.1) is 6.92 Å². The highest BCUT2D eigenvalue weighted by Crippen LogP contribution is 2.31. The molecule has 2 N–H and O–H groups in total. The summed E-state index contributed by atoms with van der Waals surface area (Å²) in [5.41, 5.74) is 3.53. The number of nitrogens with zero attached hydrogens (tertiary/aromatic N) is 3. The molecule has 0 atom stereocenters.